The van der Waals surface area contributed by atoms with Crippen LogP contribution >= 0.6 is 11.6 Å². The Kier molecular flexibility index (Phi) is 5.04. The summed E-state index contributed by atoms with van der Waals surface area (Å²) in [6.07, 6.45) is 1.51. The van der Waals surface area contributed by atoms with Crippen molar-refractivity contribution in [2.24, 2.45) is 0 Å². The Hall–Kier alpha value is -1.63. The zero-order valence-corrected chi connectivity index (χ0v) is 15.7. The summed E-state index contributed by atoms with van der Waals surface area (Å²) in [4.78, 5) is 2.02. The minimum Gasteiger partial charge on any atom is -0.376 e. The Bertz CT molecular complexity index is 869. The van der Waals surface area contributed by atoms with E-state index in [4.69, 9.17) is 11.6 Å². The molecule has 1 heterocycles. The fourth-order valence-electron chi connectivity index (χ4n) is 3.20. The van der Waals surface area contributed by atoms with Crippen LogP contribution in [0, 0.1) is 5.82 Å². The van der Waals surface area contributed by atoms with Crippen LogP contribution in [0.25, 0.3) is 0 Å². The third-order valence-electron chi connectivity index (χ3n) is 4.46. The number of benzene rings is 2. The molecule has 2 aromatic rings. The number of hydrogen-bond acceptors (Lipinski definition) is 3. The lowest BCUT2D eigenvalue weighted by Crippen LogP contribution is -2.30. The molecule has 7 heteroatoms. The molecule has 134 valence electrons. The summed E-state index contributed by atoms with van der Waals surface area (Å²) in [5, 5.41) is 0.591. The number of nitrogens with zero attached hydrogens (tertiary/aromatic N) is 2. The Morgan fingerprint density at radius 1 is 1.16 bits per heavy atom. The molecule has 0 aromatic heterocycles. The molecule has 1 unspecified atom stereocenters. The largest absolute Gasteiger partial charge is 0.376 e. The number of halogens is 2. The number of anilines is 1. The minimum atomic E-state index is -3.68. The van der Waals surface area contributed by atoms with Gasteiger partial charge in [0.1, 0.15) is 5.82 Å². The van der Waals surface area contributed by atoms with Crippen LogP contribution in [0.2, 0.25) is 5.02 Å². The maximum atomic E-state index is 13.1. The van der Waals surface area contributed by atoms with Gasteiger partial charge in [-0.15, -0.1) is 0 Å². The zero-order valence-electron chi connectivity index (χ0n) is 14.1. The lowest BCUT2D eigenvalue weighted by atomic mass is 10.0. The molecule has 1 atom stereocenters. The van der Waals surface area contributed by atoms with Gasteiger partial charge < -0.3 is 4.90 Å². The van der Waals surface area contributed by atoms with Crippen LogP contribution < -0.4 is 4.90 Å². The number of rotatable bonds is 4. The van der Waals surface area contributed by atoms with Crippen molar-refractivity contribution in [3.63, 3.8) is 0 Å². The summed E-state index contributed by atoms with van der Waals surface area (Å²) >= 11 is 6.35. The predicted molar refractivity (Wildman–Crippen MR) is 98.0 cm³/mol. The molecule has 0 spiro atoms. The van der Waals surface area contributed by atoms with Gasteiger partial charge in [0, 0.05) is 20.6 Å². The highest BCUT2D eigenvalue weighted by molar-refractivity contribution is 7.89. The van der Waals surface area contributed by atoms with Crippen LogP contribution in [0.1, 0.15) is 24.4 Å². The lowest BCUT2D eigenvalue weighted by molar-refractivity contribution is 0.396. The van der Waals surface area contributed by atoms with Crippen molar-refractivity contribution in [2.45, 2.75) is 23.8 Å². The molecule has 1 aliphatic rings. The van der Waals surface area contributed by atoms with Gasteiger partial charge in [-0.1, -0.05) is 17.7 Å². The lowest BCUT2D eigenvalue weighted by Gasteiger charge is -2.25. The molecule has 0 saturated carbocycles. The summed E-state index contributed by atoms with van der Waals surface area (Å²) < 4.78 is 40.5. The highest BCUT2D eigenvalue weighted by Gasteiger charge is 2.36. The van der Waals surface area contributed by atoms with Crippen molar-refractivity contribution in [2.75, 3.05) is 25.5 Å². The van der Waals surface area contributed by atoms with Crippen LogP contribution in [-0.4, -0.2) is 33.4 Å². The molecule has 1 saturated heterocycles. The van der Waals surface area contributed by atoms with E-state index in [0.717, 1.165) is 24.1 Å². The van der Waals surface area contributed by atoms with Crippen LogP contribution in [0.4, 0.5) is 10.1 Å². The van der Waals surface area contributed by atoms with Gasteiger partial charge in [-0.05, 0) is 54.8 Å². The second kappa shape index (κ2) is 6.94. The summed E-state index contributed by atoms with van der Waals surface area (Å²) in [6.45, 7) is 0.442. The molecule has 3 rings (SSSR count). The van der Waals surface area contributed by atoms with E-state index in [1.165, 1.54) is 28.6 Å². The molecule has 25 heavy (non-hydrogen) atoms. The molecule has 1 fully saturated rings. The molecule has 0 amide bonds. The highest BCUT2D eigenvalue weighted by atomic mass is 35.5. The Labute approximate surface area is 152 Å². The third-order valence-corrected chi connectivity index (χ3v) is 6.69. The Morgan fingerprint density at radius 2 is 1.84 bits per heavy atom. The van der Waals surface area contributed by atoms with Crippen molar-refractivity contribution in [1.29, 1.82) is 0 Å². The van der Waals surface area contributed by atoms with Crippen molar-refractivity contribution in [3.05, 3.63) is 58.9 Å². The molecule has 0 N–H and O–H groups in total. The Morgan fingerprint density at radius 3 is 2.44 bits per heavy atom. The smallest absolute Gasteiger partial charge is 0.243 e. The first kappa shape index (κ1) is 18.2. The van der Waals surface area contributed by atoms with Gasteiger partial charge in [0.05, 0.1) is 21.6 Å². The van der Waals surface area contributed by atoms with E-state index in [2.05, 4.69) is 0 Å². The predicted octanol–water partition coefficient (Wildman–Crippen LogP) is 4.07. The molecule has 0 bridgehead atoms. The van der Waals surface area contributed by atoms with Crippen LogP contribution in [0.5, 0.6) is 0 Å². The molecule has 1 aliphatic heterocycles. The average molecular weight is 383 g/mol. The highest BCUT2D eigenvalue weighted by Crippen LogP contribution is 2.38. The minimum absolute atomic E-state index is 0.108. The second-order valence-electron chi connectivity index (χ2n) is 6.33. The maximum Gasteiger partial charge on any atom is 0.243 e. The fraction of sp³-hybridized carbons (Fsp3) is 0.333. The molecular formula is C18H20ClFN2O2S. The van der Waals surface area contributed by atoms with Gasteiger partial charge in [0.15, 0.2) is 0 Å². The summed E-state index contributed by atoms with van der Waals surface area (Å²) in [7, 11) is 0.130. The monoisotopic (exact) mass is 382 g/mol. The van der Waals surface area contributed by atoms with Gasteiger partial charge in [0.25, 0.3) is 0 Å². The van der Waals surface area contributed by atoms with E-state index < -0.39 is 15.8 Å². The molecule has 2 aromatic carbocycles. The molecule has 4 nitrogen and oxygen atoms in total. The fourth-order valence-corrected chi connectivity index (χ4v) is 5.24. The van der Waals surface area contributed by atoms with Crippen LogP contribution in [-0.2, 0) is 10.0 Å². The molecule has 0 radical (unpaired) electrons. The van der Waals surface area contributed by atoms with Gasteiger partial charge in [-0.3, -0.25) is 0 Å². The van der Waals surface area contributed by atoms with Crippen molar-refractivity contribution in [1.82, 2.24) is 4.31 Å². The van der Waals surface area contributed by atoms with E-state index in [1.54, 1.807) is 0 Å². The summed E-state index contributed by atoms with van der Waals surface area (Å²) in [5.74, 6) is -0.456. The van der Waals surface area contributed by atoms with Gasteiger partial charge in [-0.2, -0.15) is 4.31 Å². The topological polar surface area (TPSA) is 40.6 Å². The van der Waals surface area contributed by atoms with Gasteiger partial charge in [0.2, 0.25) is 10.0 Å². The first-order chi connectivity index (χ1) is 11.8. The average Bonchev–Trinajstić information content (AvgIpc) is 3.05. The van der Waals surface area contributed by atoms with Crippen LogP contribution in [0.3, 0.4) is 0 Å². The van der Waals surface area contributed by atoms with Crippen molar-refractivity contribution < 1.29 is 12.8 Å². The van der Waals surface area contributed by atoms with Crippen molar-refractivity contribution >= 4 is 27.3 Å². The van der Waals surface area contributed by atoms with E-state index in [1.807, 2.05) is 37.2 Å². The number of sulfonamides is 1. The van der Waals surface area contributed by atoms with Crippen LogP contribution in [0.15, 0.2) is 47.4 Å². The molecular weight excluding hydrogens is 363 g/mol. The van der Waals surface area contributed by atoms with E-state index in [0.29, 0.717) is 11.6 Å². The van der Waals surface area contributed by atoms with Gasteiger partial charge in [-0.25, -0.2) is 12.8 Å². The standard InChI is InChI=1S/C18H20ClFN2O2S/c1-21(2)18-10-5-13(12-16(18)19)17-4-3-11-22(17)25(23,24)15-8-6-14(20)7-9-15/h5-10,12,17H,3-4,11H2,1-2H3. The summed E-state index contributed by atoms with van der Waals surface area (Å²) in [6, 6.07) is 10.3. The first-order valence-electron chi connectivity index (χ1n) is 8.05. The maximum absolute atomic E-state index is 13.1. The van der Waals surface area contributed by atoms with Gasteiger partial charge >= 0.3 is 0 Å². The summed E-state index contributed by atoms with van der Waals surface area (Å²) in [5.41, 5.74) is 1.76. The normalized spacial score (nSPS) is 18.5. The van der Waals surface area contributed by atoms with E-state index in [9.17, 15) is 12.8 Å². The Balaban J connectivity index is 1.95. The second-order valence-corrected chi connectivity index (χ2v) is 8.63. The SMILES string of the molecule is CN(C)c1ccc(C2CCCN2S(=O)(=O)c2ccc(F)cc2)cc1Cl. The first-order valence-corrected chi connectivity index (χ1v) is 9.86. The molecule has 0 aliphatic carbocycles. The van der Waals surface area contributed by atoms with E-state index in [-0.39, 0.29) is 10.9 Å². The quantitative estimate of drug-likeness (QED) is 0.800. The zero-order chi connectivity index (χ0) is 18.2. The number of hydrogen-bond donors (Lipinski definition) is 0. The van der Waals surface area contributed by atoms with E-state index >= 15 is 0 Å². The van der Waals surface area contributed by atoms with Crippen molar-refractivity contribution in [3.8, 4) is 0 Å². The third kappa shape index (κ3) is 3.52.